The Labute approximate surface area is 304 Å². The van der Waals surface area contributed by atoms with E-state index in [2.05, 4.69) is 196 Å². The van der Waals surface area contributed by atoms with Crippen molar-refractivity contribution < 1.29 is 0 Å². The summed E-state index contributed by atoms with van der Waals surface area (Å²) in [5, 5.41) is 0. The molecule has 2 nitrogen and oxygen atoms in total. The number of aryl methyl sites for hydroxylation is 5. The predicted octanol–water partition coefficient (Wildman–Crippen LogP) is 14.1. The first kappa shape index (κ1) is 37.0. The Kier molecular flexibility index (Phi) is 11.0. The van der Waals surface area contributed by atoms with E-state index in [1.165, 1.54) is 67.4 Å². The fourth-order valence-corrected chi connectivity index (χ4v) is 7.33. The number of allylic oxidation sites excluding steroid dienone is 5. The maximum absolute atomic E-state index is 2.47. The molecule has 50 heavy (non-hydrogen) atoms. The summed E-state index contributed by atoms with van der Waals surface area (Å²) in [5.74, 6) is 0.437. The molecule has 0 aromatic heterocycles. The Morgan fingerprint density at radius 2 is 1.06 bits per heavy atom. The molecule has 0 N–H and O–H groups in total. The van der Waals surface area contributed by atoms with Crippen LogP contribution in [0.3, 0.4) is 0 Å². The first-order valence-electron chi connectivity index (χ1n) is 18.7. The molecule has 0 fully saturated rings. The van der Waals surface area contributed by atoms with Crippen molar-refractivity contribution in [1.29, 1.82) is 0 Å². The summed E-state index contributed by atoms with van der Waals surface area (Å²) in [6, 6.07) is 28.0. The molecule has 4 aromatic carbocycles. The molecule has 5 rings (SSSR count). The molecule has 1 unspecified atom stereocenters. The summed E-state index contributed by atoms with van der Waals surface area (Å²) in [4.78, 5) is 4.93. The van der Waals surface area contributed by atoms with Gasteiger partial charge in [-0.05, 0) is 146 Å². The lowest BCUT2D eigenvalue weighted by molar-refractivity contribution is 0.589. The van der Waals surface area contributed by atoms with Gasteiger partial charge in [0.1, 0.15) is 0 Å². The maximum Gasteiger partial charge on any atom is 0.0520 e. The average molecular weight is 665 g/mol. The van der Waals surface area contributed by atoms with E-state index in [1.807, 2.05) is 0 Å². The van der Waals surface area contributed by atoms with Gasteiger partial charge in [-0.2, -0.15) is 0 Å². The quantitative estimate of drug-likeness (QED) is 0.164. The molecular formula is C48H60N2. The molecule has 1 aliphatic carbocycles. The van der Waals surface area contributed by atoms with Crippen LogP contribution >= 0.6 is 0 Å². The van der Waals surface area contributed by atoms with Crippen molar-refractivity contribution >= 4 is 28.4 Å². The summed E-state index contributed by atoms with van der Waals surface area (Å²) >= 11 is 0. The van der Waals surface area contributed by atoms with Crippen LogP contribution in [0.2, 0.25) is 0 Å². The van der Waals surface area contributed by atoms with E-state index < -0.39 is 0 Å². The second-order valence-corrected chi connectivity index (χ2v) is 16.4. The average Bonchev–Trinajstić information content (AvgIpc) is 3.05. The third-order valence-corrected chi connectivity index (χ3v) is 10.1. The van der Waals surface area contributed by atoms with E-state index in [9.17, 15) is 0 Å². The summed E-state index contributed by atoms with van der Waals surface area (Å²) < 4.78 is 0. The zero-order valence-electron chi connectivity index (χ0n) is 32.9. The Hall–Kier alpha value is -4.30. The molecule has 0 radical (unpaired) electrons. The Balaban J connectivity index is 1.65. The first-order chi connectivity index (χ1) is 23.6. The van der Waals surface area contributed by atoms with Gasteiger partial charge < -0.3 is 9.80 Å². The maximum atomic E-state index is 2.47. The van der Waals surface area contributed by atoms with E-state index in [-0.39, 0.29) is 10.8 Å². The zero-order chi connectivity index (χ0) is 36.4. The van der Waals surface area contributed by atoms with Crippen LogP contribution in [-0.2, 0) is 17.3 Å². The second-order valence-electron chi connectivity index (χ2n) is 16.4. The fraction of sp³-hybridized carbons (Fsp3) is 0.375. The van der Waals surface area contributed by atoms with Crippen molar-refractivity contribution in [2.45, 2.75) is 113 Å². The second kappa shape index (κ2) is 14.9. The van der Waals surface area contributed by atoms with Gasteiger partial charge in [0.2, 0.25) is 0 Å². The van der Waals surface area contributed by atoms with Crippen molar-refractivity contribution in [2.75, 3.05) is 9.80 Å². The molecule has 0 amide bonds. The minimum absolute atomic E-state index is 0.0855. The fourth-order valence-electron chi connectivity index (χ4n) is 7.33. The van der Waals surface area contributed by atoms with Crippen molar-refractivity contribution in [3.05, 3.63) is 148 Å². The molecule has 0 heterocycles. The summed E-state index contributed by atoms with van der Waals surface area (Å²) in [6.45, 7) is 27.2. The van der Waals surface area contributed by atoms with Crippen LogP contribution in [0.5, 0.6) is 0 Å². The highest BCUT2D eigenvalue weighted by Gasteiger charge is 2.25. The molecule has 1 atom stereocenters. The molecule has 0 aliphatic heterocycles. The molecule has 2 heteroatoms. The van der Waals surface area contributed by atoms with Crippen LogP contribution in [0.4, 0.5) is 28.4 Å². The summed E-state index contributed by atoms with van der Waals surface area (Å²) in [6.07, 6.45) is 14.8. The number of nitrogens with zero attached hydrogens (tertiary/aromatic N) is 2. The molecule has 4 aromatic rings. The Morgan fingerprint density at radius 3 is 1.44 bits per heavy atom. The van der Waals surface area contributed by atoms with Crippen LogP contribution in [0.15, 0.2) is 109 Å². The number of anilines is 5. The molecule has 0 saturated heterocycles. The van der Waals surface area contributed by atoms with E-state index >= 15 is 0 Å². The standard InChI is InChI=1S/C48H60N2/c1-13-15-37-17-21-41(22-18-37)49(45-33(3)29-39(30-34(45)4)47(7,8)9)43-25-27-44(28-26-43)50(42-23-19-38(16-14-2)20-24-42)46-35(5)31-40(32-36(46)6)48(10,11)12/h13,15,17,19-32,37H,14,16,18H2,1-12H3/b15-13-. The van der Waals surface area contributed by atoms with Gasteiger partial charge in [-0.15, -0.1) is 0 Å². The highest BCUT2D eigenvalue weighted by atomic mass is 15.2. The third-order valence-electron chi connectivity index (χ3n) is 10.1. The van der Waals surface area contributed by atoms with Gasteiger partial charge >= 0.3 is 0 Å². The van der Waals surface area contributed by atoms with Crippen LogP contribution in [0.1, 0.15) is 107 Å². The molecule has 1 aliphatic rings. The highest BCUT2D eigenvalue weighted by molar-refractivity contribution is 5.83. The van der Waals surface area contributed by atoms with E-state index in [0.29, 0.717) is 5.92 Å². The number of benzene rings is 4. The van der Waals surface area contributed by atoms with Crippen LogP contribution in [0.25, 0.3) is 0 Å². The van der Waals surface area contributed by atoms with Gasteiger partial charge in [-0.3, -0.25) is 0 Å². The molecule has 0 saturated carbocycles. The zero-order valence-corrected chi connectivity index (χ0v) is 32.9. The van der Waals surface area contributed by atoms with E-state index in [1.54, 1.807) is 0 Å². The lowest BCUT2D eigenvalue weighted by atomic mass is 9.84. The van der Waals surface area contributed by atoms with Crippen LogP contribution < -0.4 is 9.80 Å². The van der Waals surface area contributed by atoms with Crippen molar-refractivity contribution in [3.63, 3.8) is 0 Å². The van der Waals surface area contributed by atoms with Crippen molar-refractivity contribution in [1.82, 2.24) is 0 Å². The topological polar surface area (TPSA) is 6.48 Å². The minimum Gasteiger partial charge on any atom is -0.310 e. The van der Waals surface area contributed by atoms with Crippen molar-refractivity contribution in [3.8, 4) is 0 Å². The van der Waals surface area contributed by atoms with Gasteiger partial charge in [-0.1, -0.05) is 116 Å². The van der Waals surface area contributed by atoms with Gasteiger partial charge in [0.05, 0.1) is 11.4 Å². The van der Waals surface area contributed by atoms with E-state index in [0.717, 1.165) is 24.9 Å². The first-order valence-corrected chi connectivity index (χ1v) is 18.7. The lowest BCUT2D eigenvalue weighted by Gasteiger charge is -2.34. The van der Waals surface area contributed by atoms with Crippen LogP contribution in [0, 0.1) is 33.6 Å². The van der Waals surface area contributed by atoms with Gasteiger partial charge in [0.25, 0.3) is 0 Å². The normalized spacial score (nSPS) is 15.0. The van der Waals surface area contributed by atoms with Gasteiger partial charge in [-0.25, -0.2) is 0 Å². The monoisotopic (exact) mass is 664 g/mol. The predicted molar refractivity (Wildman–Crippen MR) is 220 cm³/mol. The van der Waals surface area contributed by atoms with Crippen molar-refractivity contribution in [2.24, 2.45) is 5.92 Å². The molecular weight excluding hydrogens is 605 g/mol. The van der Waals surface area contributed by atoms with Gasteiger partial charge in [0, 0.05) is 22.8 Å². The number of rotatable bonds is 9. The summed E-state index contributed by atoms with van der Waals surface area (Å²) in [5.41, 5.74) is 16.7. The number of hydrogen-bond acceptors (Lipinski definition) is 2. The molecule has 0 spiro atoms. The smallest absolute Gasteiger partial charge is 0.0520 e. The molecule has 262 valence electrons. The van der Waals surface area contributed by atoms with Gasteiger partial charge in [0.15, 0.2) is 0 Å². The Morgan fingerprint density at radius 1 is 0.640 bits per heavy atom. The minimum atomic E-state index is 0.0855. The largest absolute Gasteiger partial charge is 0.310 e. The lowest BCUT2D eigenvalue weighted by Crippen LogP contribution is -2.21. The SMILES string of the molecule is C/C=C\C1C=CC(N(c2ccc(N(c3ccc(CCC)cc3)c3c(C)cc(C(C)(C)C)cc3C)cc2)c2c(C)cc(C(C)(C)C)cc2C)=CC1. The highest BCUT2D eigenvalue weighted by Crippen LogP contribution is 2.44. The number of hydrogen-bond donors (Lipinski definition) is 0. The van der Waals surface area contributed by atoms with Crippen LogP contribution in [-0.4, -0.2) is 0 Å². The van der Waals surface area contributed by atoms with E-state index in [4.69, 9.17) is 0 Å². The molecule has 0 bridgehead atoms. The third kappa shape index (κ3) is 8.02. The Bertz CT molecular complexity index is 1840. The summed E-state index contributed by atoms with van der Waals surface area (Å²) in [7, 11) is 0.